The fourth-order valence-electron chi connectivity index (χ4n) is 1.74. The average molecular weight is 296 g/mol. The quantitative estimate of drug-likeness (QED) is 0.631. The number of aromatic nitrogens is 3. The van der Waals surface area contributed by atoms with Crippen molar-refractivity contribution in [3.05, 3.63) is 41.2 Å². The van der Waals surface area contributed by atoms with Gasteiger partial charge >= 0.3 is 0 Å². The van der Waals surface area contributed by atoms with Crippen molar-refractivity contribution < 1.29 is 0 Å². The van der Waals surface area contributed by atoms with Crippen LogP contribution in [0.2, 0.25) is 5.02 Å². The first-order valence-electron chi connectivity index (χ1n) is 5.85. The van der Waals surface area contributed by atoms with E-state index in [0.29, 0.717) is 15.6 Å². The number of aryl methyl sites for hydroxylation is 1. The zero-order chi connectivity index (χ0) is 13.7. The maximum atomic E-state index is 6.09. The van der Waals surface area contributed by atoms with Gasteiger partial charge in [0.05, 0.1) is 16.8 Å². The second kappa shape index (κ2) is 6.49. The maximum absolute atomic E-state index is 6.09. The van der Waals surface area contributed by atoms with E-state index in [1.807, 2.05) is 18.3 Å². The Bertz CT molecular complexity index is 555. The van der Waals surface area contributed by atoms with Crippen LogP contribution < -0.4 is 11.1 Å². The molecule has 1 aromatic heterocycles. The molecular formula is C12H14ClN5S. The number of nitrogens with two attached hydrogens (primary N) is 1. The van der Waals surface area contributed by atoms with Crippen LogP contribution >= 0.6 is 23.8 Å². The average Bonchev–Trinajstić information content (AvgIpc) is 2.87. The third-order valence-corrected chi connectivity index (χ3v) is 3.13. The van der Waals surface area contributed by atoms with Gasteiger partial charge in [0.1, 0.15) is 4.99 Å². The third-order valence-electron chi connectivity index (χ3n) is 2.61. The SMILES string of the molecule is NC(=S)c1c(Cl)cccc1NCCCn1ccnn1. The fraction of sp³-hybridized carbons (Fsp3) is 0.250. The molecule has 0 radical (unpaired) electrons. The van der Waals surface area contributed by atoms with Crippen LogP contribution in [-0.4, -0.2) is 26.5 Å². The van der Waals surface area contributed by atoms with E-state index in [-0.39, 0.29) is 0 Å². The second-order valence-electron chi connectivity index (χ2n) is 3.97. The van der Waals surface area contributed by atoms with Crippen LogP contribution in [0.25, 0.3) is 0 Å². The zero-order valence-corrected chi connectivity index (χ0v) is 11.8. The van der Waals surface area contributed by atoms with Crippen molar-refractivity contribution in [1.29, 1.82) is 0 Å². The predicted molar refractivity (Wildman–Crippen MR) is 80.5 cm³/mol. The van der Waals surface area contributed by atoms with Crippen LogP contribution in [0.15, 0.2) is 30.6 Å². The van der Waals surface area contributed by atoms with E-state index in [1.54, 1.807) is 16.9 Å². The molecule has 1 aromatic carbocycles. The second-order valence-corrected chi connectivity index (χ2v) is 4.82. The molecule has 19 heavy (non-hydrogen) atoms. The van der Waals surface area contributed by atoms with Crippen LogP contribution in [0.3, 0.4) is 0 Å². The summed E-state index contributed by atoms with van der Waals surface area (Å²) in [6, 6.07) is 5.55. The highest BCUT2D eigenvalue weighted by Crippen LogP contribution is 2.24. The first-order valence-corrected chi connectivity index (χ1v) is 6.63. The van der Waals surface area contributed by atoms with Crippen molar-refractivity contribution in [3.63, 3.8) is 0 Å². The van der Waals surface area contributed by atoms with Gasteiger partial charge in [-0.3, -0.25) is 4.68 Å². The molecule has 0 atom stereocenters. The molecule has 2 aromatic rings. The van der Waals surface area contributed by atoms with Gasteiger partial charge in [-0.25, -0.2) is 0 Å². The Morgan fingerprint density at radius 1 is 1.47 bits per heavy atom. The van der Waals surface area contributed by atoms with Crippen molar-refractivity contribution in [2.24, 2.45) is 5.73 Å². The standard InChI is InChI=1S/C12H14ClN5S/c13-9-3-1-4-10(11(9)12(14)19)15-5-2-7-18-8-6-16-17-18/h1,3-4,6,8,15H,2,5,7H2,(H2,14,19). The number of nitrogens with zero attached hydrogens (tertiary/aromatic N) is 3. The molecule has 0 unspecified atom stereocenters. The summed E-state index contributed by atoms with van der Waals surface area (Å²) in [6.07, 6.45) is 4.40. The molecule has 100 valence electrons. The summed E-state index contributed by atoms with van der Waals surface area (Å²) >= 11 is 11.1. The largest absolute Gasteiger partial charge is 0.389 e. The highest BCUT2D eigenvalue weighted by atomic mass is 35.5. The highest BCUT2D eigenvalue weighted by molar-refractivity contribution is 7.80. The van der Waals surface area contributed by atoms with E-state index < -0.39 is 0 Å². The summed E-state index contributed by atoms with van der Waals surface area (Å²) in [6.45, 7) is 1.58. The number of halogens is 1. The van der Waals surface area contributed by atoms with Crippen LogP contribution in [0.1, 0.15) is 12.0 Å². The Balaban J connectivity index is 1.92. The molecule has 0 saturated carbocycles. The Morgan fingerprint density at radius 3 is 3.00 bits per heavy atom. The molecule has 0 saturated heterocycles. The first-order chi connectivity index (χ1) is 9.18. The predicted octanol–water partition coefficient (Wildman–Crippen LogP) is 2.07. The van der Waals surface area contributed by atoms with E-state index in [2.05, 4.69) is 15.6 Å². The fourth-order valence-corrected chi connectivity index (χ4v) is 2.29. The van der Waals surface area contributed by atoms with E-state index >= 15 is 0 Å². The van der Waals surface area contributed by atoms with Crippen LogP contribution in [0.4, 0.5) is 5.69 Å². The van der Waals surface area contributed by atoms with Crippen molar-refractivity contribution in [3.8, 4) is 0 Å². The van der Waals surface area contributed by atoms with Crippen molar-refractivity contribution >= 4 is 34.5 Å². The van der Waals surface area contributed by atoms with Crippen LogP contribution in [0.5, 0.6) is 0 Å². The maximum Gasteiger partial charge on any atom is 0.107 e. The van der Waals surface area contributed by atoms with Crippen molar-refractivity contribution in [2.45, 2.75) is 13.0 Å². The number of rotatable bonds is 6. The summed E-state index contributed by atoms with van der Waals surface area (Å²) in [4.78, 5) is 0.296. The van der Waals surface area contributed by atoms with E-state index in [1.165, 1.54) is 0 Å². The molecule has 0 aliphatic heterocycles. The van der Waals surface area contributed by atoms with Crippen molar-refractivity contribution in [2.75, 3.05) is 11.9 Å². The Hall–Kier alpha value is -1.66. The van der Waals surface area contributed by atoms with Gasteiger partial charge in [0, 0.05) is 25.0 Å². The molecule has 7 heteroatoms. The number of benzene rings is 1. The number of thiocarbonyl (C=S) groups is 1. The van der Waals surface area contributed by atoms with E-state index in [9.17, 15) is 0 Å². The van der Waals surface area contributed by atoms with Gasteiger partial charge in [-0.15, -0.1) is 5.10 Å². The smallest absolute Gasteiger partial charge is 0.107 e. The van der Waals surface area contributed by atoms with Crippen LogP contribution in [-0.2, 0) is 6.54 Å². The lowest BCUT2D eigenvalue weighted by Crippen LogP contribution is -2.15. The number of anilines is 1. The summed E-state index contributed by atoms with van der Waals surface area (Å²) < 4.78 is 1.79. The van der Waals surface area contributed by atoms with Gasteiger partial charge in [-0.2, -0.15) is 0 Å². The molecule has 3 N–H and O–H groups in total. The topological polar surface area (TPSA) is 68.8 Å². The van der Waals surface area contributed by atoms with Gasteiger partial charge in [-0.05, 0) is 18.6 Å². The summed E-state index contributed by atoms with van der Waals surface area (Å²) in [5.74, 6) is 0. The number of nitrogens with one attached hydrogen (secondary N) is 1. The van der Waals surface area contributed by atoms with Gasteiger partial charge in [0.15, 0.2) is 0 Å². The zero-order valence-electron chi connectivity index (χ0n) is 10.2. The lowest BCUT2D eigenvalue weighted by Gasteiger charge is -2.12. The molecule has 1 heterocycles. The van der Waals surface area contributed by atoms with Gasteiger partial charge in [-0.1, -0.05) is 35.1 Å². The number of hydrogen-bond donors (Lipinski definition) is 2. The van der Waals surface area contributed by atoms with Crippen LogP contribution in [0, 0.1) is 0 Å². The molecular weight excluding hydrogens is 282 g/mol. The molecule has 0 aliphatic carbocycles. The van der Waals surface area contributed by atoms with Gasteiger partial charge in [0.25, 0.3) is 0 Å². The van der Waals surface area contributed by atoms with Gasteiger partial charge in [0.2, 0.25) is 0 Å². The molecule has 0 bridgehead atoms. The summed E-state index contributed by atoms with van der Waals surface area (Å²) in [5.41, 5.74) is 7.24. The Kier molecular flexibility index (Phi) is 4.70. The third kappa shape index (κ3) is 3.65. The minimum absolute atomic E-state index is 0.296. The lowest BCUT2D eigenvalue weighted by atomic mass is 10.1. The number of hydrogen-bond acceptors (Lipinski definition) is 4. The molecule has 2 rings (SSSR count). The lowest BCUT2D eigenvalue weighted by molar-refractivity contribution is 0.570. The molecule has 0 fully saturated rings. The molecule has 5 nitrogen and oxygen atoms in total. The summed E-state index contributed by atoms with van der Waals surface area (Å²) in [7, 11) is 0. The first kappa shape index (κ1) is 13.8. The monoisotopic (exact) mass is 295 g/mol. The minimum Gasteiger partial charge on any atom is -0.389 e. The minimum atomic E-state index is 0.296. The highest BCUT2D eigenvalue weighted by Gasteiger charge is 2.08. The summed E-state index contributed by atoms with van der Waals surface area (Å²) in [5, 5.41) is 11.5. The van der Waals surface area contributed by atoms with E-state index in [4.69, 9.17) is 29.6 Å². The van der Waals surface area contributed by atoms with Gasteiger partial charge < -0.3 is 11.1 Å². The Morgan fingerprint density at radius 2 is 2.32 bits per heavy atom. The Labute approximate surface area is 121 Å². The molecule has 0 amide bonds. The molecule has 0 aliphatic rings. The van der Waals surface area contributed by atoms with E-state index in [0.717, 1.165) is 25.2 Å². The normalized spacial score (nSPS) is 10.4. The molecule has 0 spiro atoms. The van der Waals surface area contributed by atoms with Crippen molar-refractivity contribution in [1.82, 2.24) is 15.0 Å².